The number of amides is 2. The number of anilines is 1. The Labute approximate surface area is 199 Å². The molecule has 1 aliphatic heterocycles. The SMILES string of the molecule is Cc1ccc(C)n1-c1sccc1C(=O)N1CCN(CC(=O)Nc2ccccc2C(F)(F)F)CC1. The van der Waals surface area contributed by atoms with Gasteiger partial charge in [-0.15, -0.1) is 11.3 Å². The molecule has 1 fully saturated rings. The van der Waals surface area contributed by atoms with Gasteiger partial charge in [-0.1, -0.05) is 12.1 Å². The number of nitrogens with zero attached hydrogens (tertiary/aromatic N) is 3. The summed E-state index contributed by atoms with van der Waals surface area (Å²) in [6.45, 7) is 5.74. The zero-order valence-electron chi connectivity index (χ0n) is 18.9. The van der Waals surface area contributed by atoms with Gasteiger partial charge in [0, 0.05) is 37.6 Å². The summed E-state index contributed by atoms with van der Waals surface area (Å²) in [7, 11) is 0. The lowest BCUT2D eigenvalue weighted by molar-refractivity contribution is -0.137. The van der Waals surface area contributed by atoms with Crippen LogP contribution >= 0.6 is 11.3 Å². The number of carbonyl (C=O) groups is 2. The van der Waals surface area contributed by atoms with Crippen molar-refractivity contribution in [1.29, 1.82) is 0 Å². The molecule has 1 aliphatic rings. The fourth-order valence-corrected chi connectivity index (χ4v) is 5.15. The van der Waals surface area contributed by atoms with Crippen LogP contribution in [0.3, 0.4) is 0 Å². The second-order valence-electron chi connectivity index (χ2n) is 8.25. The Morgan fingerprint density at radius 2 is 1.62 bits per heavy atom. The summed E-state index contributed by atoms with van der Waals surface area (Å²) < 4.78 is 41.5. The second-order valence-corrected chi connectivity index (χ2v) is 9.15. The maximum absolute atomic E-state index is 13.2. The van der Waals surface area contributed by atoms with E-state index in [0.717, 1.165) is 22.5 Å². The molecule has 4 rings (SSSR count). The fourth-order valence-electron chi connectivity index (χ4n) is 4.14. The van der Waals surface area contributed by atoms with Crippen LogP contribution in [0.25, 0.3) is 5.00 Å². The largest absolute Gasteiger partial charge is 0.418 e. The van der Waals surface area contributed by atoms with Gasteiger partial charge in [-0.25, -0.2) is 0 Å². The van der Waals surface area contributed by atoms with Crippen LogP contribution in [0.4, 0.5) is 18.9 Å². The molecule has 1 N–H and O–H groups in total. The maximum Gasteiger partial charge on any atom is 0.418 e. The maximum atomic E-state index is 13.2. The first-order valence-electron chi connectivity index (χ1n) is 10.9. The van der Waals surface area contributed by atoms with Crippen LogP contribution in [0.15, 0.2) is 47.8 Å². The van der Waals surface area contributed by atoms with E-state index in [1.807, 2.05) is 42.3 Å². The van der Waals surface area contributed by atoms with Crippen molar-refractivity contribution in [1.82, 2.24) is 14.4 Å². The molecule has 0 spiro atoms. The standard InChI is InChI=1S/C24H25F3N4O2S/c1-16-7-8-17(2)31(16)23-18(9-14-34-23)22(33)30-12-10-29(11-13-30)15-21(32)28-20-6-4-3-5-19(20)24(25,26)27/h3-9,14H,10-13,15H2,1-2H3,(H,28,32). The van der Waals surface area contributed by atoms with E-state index in [2.05, 4.69) is 9.88 Å². The van der Waals surface area contributed by atoms with Crippen LogP contribution in [-0.4, -0.2) is 58.9 Å². The van der Waals surface area contributed by atoms with E-state index in [9.17, 15) is 22.8 Å². The summed E-state index contributed by atoms with van der Waals surface area (Å²) >= 11 is 1.51. The highest BCUT2D eigenvalue weighted by atomic mass is 32.1. The minimum absolute atomic E-state index is 0.0420. The lowest BCUT2D eigenvalue weighted by Crippen LogP contribution is -2.50. The lowest BCUT2D eigenvalue weighted by atomic mass is 10.1. The predicted octanol–water partition coefficient (Wildman–Crippen LogP) is 4.57. The molecule has 0 saturated carbocycles. The Kier molecular flexibility index (Phi) is 6.81. The first kappa shape index (κ1) is 24.0. The van der Waals surface area contributed by atoms with Crippen molar-refractivity contribution in [3.05, 3.63) is 70.4 Å². The smallest absolute Gasteiger partial charge is 0.336 e. The number of nitrogens with one attached hydrogen (secondary N) is 1. The van der Waals surface area contributed by atoms with Gasteiger partial charge in [0.1, 0.15) is 5.00 Å². The van der Waals surface area contributed by atoms with Gasteiger partial charge in [0.2, 0.25) is 5.91 Å². The molecule has 1 aromatic carbocycles. The van der Waals surface area contributed by atoms with Gasteiger partial charge in [-0.05, 0) is 49.6 Å². The molecule has 2 aromatic heterocycles. The van der Waals surface area contributed by atoms with Crippen LogP contribution in [-0.2, 0) is 11.0 Å². The van der Waals surface area contributed by atoms with Crippen LogP contribution in [0, 0.1) is 13.8 Å². The molecule has 0 bridgehead atoms. The molecule has 3 aromatic rings. The number of benzene rings is 1. The van der Waals surface area contributed by atoms with Crippen molar-refractivity contribution < 1.29 is 22.8 Å². The molecule has 1 saturated heterocycles. The Morgan fingerprint density at radius 1 is 0.971 bits per heavy atom. The Bertz CT molecular complexity index is 1170. The Balaban J connectivity index is 1.36. The third-order valence-corrected chi connectivity index (χ3v) is 6.78. The number of alkyl halides is 3. The number of rotatable bonds is 5. The zero-order chi connectivity index (χ0) is 24.5. The van der Waals surface area contributed by atoms with E-state index in [4.69, 9.17) is 0 Å². The number of aromatic nitrogens is 1. The van der Waals surface area contributed by atoms with Crippen LogP contribution in [0.1, 0.15) is 27.3 Å². The van der Waals surface area contributed by atoms with Gasteiger partial charge in [0.25, 0.3) is 5.91 Å². The summed E-state index contributed by atoms with van der Waals surface area (Å²) in [5.41, 5.74) is 1.61. The van der Waals surface area contributed by atoms with Gasteiger partial charge in [0.15, 0.2) is 0 Å². The minimum atomic E-state index is -4.55. The average Bonchev–Trinajstić information content (AvgIpc) is 3.39. The van der Waals surface area contributed by atoms with Crippen molar-refractivity contribution in [3.8, 4) is 5.00 Å². The minimum Gasteiger partial charge on any atom is -0.336 e. The molecule has 0 unspecified atom stereocenters. The molecule has 180 valence electrons. The number of halogens is 3. The fraction of sp³-hybridized carbons (Fsp3) is 0.333. The monoisotopic (exact) mass is 490 g/mol. The summed E-state index contributed by atoms with van der Waals surface area (Å²) in [6, 6.07) is 10.8. The van der Waals surface area contributed by atoms with Crippen LogP contribution in [0.5, 0.6) is 0 Å². The van der Waals surface area contributed by atoms with Crippen molar-refractivity contribution in [2.45, 2.75) is 20.0 Å². The van der Waals surface area contributed by atoms with Gasteiger partial charge in [-0.3, -0.25) is 14.5 Å². The number of carbonyl (C=O) groups excluding carboxylic acids is 2. The highest BCUT2D eigenvalue weighted by Gasteiger charge is 2.34. The summed E-state index contributed by atoms with van der Waals surface area (Å²) in [6.07, 6.45) is -4.55. The molecule has 10 heteroatoms. The van der Waals surface area contributed by atoms with Gasteiger partial charge in [-0.2, -0.15) is 13.2 Å². The second kappa shape index (κ2) is 9.63. The number of aryl methyl sites for hydroxylation is 2. The molecular formula is C24H25F3N4O2S. The molecule has 6 nitrogen and oxygen atoms in total. The molecule has 34 heavy (non-hydrogen) atoms. The van der Waals surface area contributed by atoms with E-state index < -0.39 is 17.6 Å². The number of thiophene rings is 1. The number of hydrogen-bond acceptors (Lipinski definition) is 4. The van der Waals surface area contributed by atoms with E-state index in [1.165, 1.54) is 29.5 Å². The Hall–Kier alpha value is -3.11. The van der Waals surface area contributed by atoms with E-state index in [1.54, 1.807) is 4.90 Å². The predicted molar refractivity (Wildman–Crippen MR) is 126 cm³/mol. The Morgan fingerprint density at radius 3 is 2.26 bits per heavy atom. The molecule has 2 amide bonds. The quantitative estimate of drug-likeness (QED) is 0.570. The topological polar surface area (TPSA) is 57.6 Å². The van der Waals surface area contributed by atoms with Gasteiger partial charge < -0.3 is 14.8 Å². The van der Waals surface area contributed by atoms with Crippen molar-refractivity contribution in [2.75, 3.05) is 38.0 Å². The van der Waals surface area contributed by atoms with Crippen molar-refractivity contribution >= 4 is 28.8 Å². The third-order valence-electron chi connectivity index (χ3n) is 5.88. The molecule has 3 heterocycles. The lowest BCUT2D eigenvalue weighted by Gasteiger charge is -2.34. The highest BCUT2D eigenvalue weighted by Crippen LogP contribution is 2.34. The van der Waals surface area contributed by atoms with E-state index in [-0.39, 0.29) is 18.1 Å². The van der Waals surface area contributed by atoms with Gasteiger partial charge in [0.05, 0.1) is 23.4 Å². The average molecular weight is 491 g/mol. The first-order valence-corrected chi connectivity index (χ1v) is 11.7. The highest BCUT2D eigenvalue weighted by molar-refractivity contribution is 7.13. The summed E-state index contributed by atoms with van der Waals surface area (Å²) in [4.78, 5) is 29.2. The third kappa shape index (κ3) is 5.02. The number of hydrogen-bond donors (Lipinski definition) is 1. The zero-order valence-corrected chi connectivity index (χ0v) is 19.7. The normalized spacial score (nSPS) is 14.9. The number of para-hydroxylation sites is 1. The van der Waals surface area contributed by atoms with Gasteiger partial charge >= 0.3 is 6.18 Å². The van der Waals surface area contributed by atoms with Crippen LogP contribution < -0.4 is 5.32 Å². The first-order chi connectivity index (χ1) is 16.1. The van der Waals surface area contributed by atoms with Crippen molar-refractivity contribution in [3.63, 3.8) is 0 Å². The molecular weight excluding hydrogens is 465 g/mol. The van der Waals surface area contributed by atoms with E-state index >= 15 is 0 Å². The summed E-state index contributed by atoms with van der Waals surface area (Å²) in [5, 5.41) is 5.16. The van der Waals surface area contributed by atoms with E-state index in [0.29, 0.717) is 31.7 Å². The number of piperazine rings is 1. The molecule has 0 aliphatic carbocycles. The van der Waals surface area contributed by atoms with Crippen molar-refractivity contribution in [2.24, 2.45) is 0 Å². The molecule has 0 atom stereocenters. The molecule has 0 radical (unpaired) electrons. The summed E-state index contributed by atoms with van der Waals surface area (Å²) in [5.74, 6) is -0.581. The van der Waals surface area contributed by atoms with Crippen LogP contribution in [0.2, 0.25) is 0 Å².